The molecule has 0 bridgehead atoms. The van der Waals surface area contributed by atoms with Gasteiger partial charge in [0.1, 0.15) is 0 Å². The van der Waals surface area contributed by atoms with Crippen molar-refractivity contribution < 1.29 is 19.1 Å². The van der Waals surface area contributed by atoms with E-state index in [0.29, 0.717) is 17.1 Å². The molecule has 2 N–H and O–H groups in total. The maximum Gasteiger partial charge on any atom is 0.258 e. The van der Waals surface area contributed by atoms with Crippen LogP contribution in [0.15, 0.2) is 47.5 Å². The number of carbonyl (C=O) groups is 2. The number of benzene rings is 2. The van der Waals surface area contributed by atoms with Gasteiger partial charge in [-0.2, -0.15) is 0 Å². The lowest BCUT2D eigenvalue weighted by molar-refractivity contribution is -0.120. The molecule has 0 unspecified atom stereocenters. The van der Waals surface area contributed by atoms with Gasteiger partial charge < -0.3 is 9.47 Å². The largest absolute Gasteiger partial charge is 0.493 e. The zero-order valence-corrected chi connectivity index (χ0v) is 16.1. The fraction of sp³-hybridized carbons (Fsp3) is 0.286. The lowest BCUT2D eigenvalue weighted by Gasteiger charge is -2.21. The molecule has 1 heterocycles. The fourth-order valence-electron chi connectivity index (χ4n) is 2.98. The van der Waals surface area contributed by atoms with Crippen LogP contribution in [-0.4, -0.2) is 32.0 Å². The van der Waals surface area contributed by atoms with Gasteiger partial charge in [0.15, 0.2) is 11.5 Å². The van der Waals surface area contributed by atoms with Crippen molar-refractivity contribution in [3.63, 3.8) is 0 Å². The monoisotopic (exact) mass is 381 g/mol. The standard InChI is InChI=1S/C21H23N3O4/c1-4-13-5-7-14(8-6-13)16-12-19(25)23-21(22-16)24-20(26)15-9-10-17(27-2)18(11-15)28-3/h5-11,16H,4,12H2,1-3H3,(H2,22,23,24,25,26)/t16-/m0/s1. The first-order valence-corrected chi connectivity index (χ1v) is 9.04. The molecule has 3 rings (SSSR count). The summed E-state index contributed by atoms with van der Waals surface area (Å²) >= 11 is 0. The Hall–Kier alpha value is -3.35. The molecule has 7 heteroatoms. The van der Waals surface area contributed by atoms with E-state index < -0.39 is 5.91 Å². The number of hydrogen-bond donors (Lipinski definition) is 2. The van der Waals surface area contributed by atoms with Crippen LogP contribution in [0.5, 0.6) is 11.5 Å². The minimum atomic E-state index is -0.401. The number of amides is 2. The van der Waals surface area contributed by atoms with Crippen LogP contribution in [0, 0.1) is 0 Å². The quantitative estimate of drug-likeness (QED) is 0.833. The van der Waals surface area contributed by atoms with Gasteiger partial charge in [0.25, 0.3) is 5.91 Å². The molecule has 28 heavy (non-hydrogen) atoms. The Labute approximate surface area is 163 Å². The second-order valence-electron chi connectivity index (χ2n) is 6.36. The molecule has 0 spiro atoms. The molecule has 2 aromatic rings. The molecule has 0 saturated heterocycles. The lowest BCUT2D eigenvalue weighted by Crippen LogP contribution is -2.47. The first-order valence-electron chi connectivity index (χ1n) is 9.04. The SMILES string of the molecule is CCc1ccc([C@@H]2CC(=O)NC(NC(=O)c3ccc(OC)c(OC)c3)=N2)cc1. The molecule has 0 radical (unpaired) electrons. The van der Waals surface area contributed by atoms with Gasteiger partial charge in [-0.25, -0.2) is 4.99 Å². The van der Waals surface area contributed by atoms with Gasteiger partial charge in [-0.3, -0.25) is 20.2 Å². The van der Waals surface area contributed by atoms with Gasteiger partial charge in [-0.05, 0) is 35.7 Å². The molecule has 0 fully saturated rings. The van der Waals surface area contributed by atoms with Gasteiger partial charge in [0, 0.05) is 5.56 Å². The highest BCUT2D eigenvalue weighted by atomic mass is 16.5. The summed E-state index contributed by atoms with van der Waals surface area (Å²) in [5.41, 5.74) is 2.52. The summed E-state index contributed by atoms with van der Waals surface area (Å²) in [5.74, 6) is 0.515. The van der Waals surface area contributed by atoms with Crippen molar-refractivity contribution in [2.45, 2.75) is 25.8 Å². The molecule has 0 saturated carbocycles. The minimum Gasteiger partial charge on any atom is -0.493 e. The molecular formula is C21H23N3O4. The Morgan fingerprint density at radius 1 is 1.14 bits per heavy atom. The second kappa shape index (κ2) is 8.56. The Bertz CT molecular complexity index is 906. The molecule has 1 aliphatic heterocycles. The van der Waals surface area contributed by atoms with Gasteiger partial charge in [-0.15, -0.1) is 0 Å². The van der Waals surface area contributed by atoms with E-state index in [1.807, 2.05) is 24.3 Å². The van der Waals surface area contributed by atoms with E-state index in [-0.39, 0.29) is 24.3 Å². The molecular weight excluding hydrogens is 358 g/mol. The number of carbonyl (C=O) groups excluding carboxylic acids is 2. The van der Waals surface area contributed by atoms with Crippen LogP contribution in [-0.2, 0) is 11.2 Å². The third-order valence-electron chi connectivity index (χ3n) is 4.57. The van der Waals surface area contributed by atoms with E-state index in [1.54, 1.807) is 18.2 Å². The zero-order valence-electron chi connectivity index (χ0n) is 16.1. The normalized spacial score (nSPS) is 16.0. The summed E-state index contributed by atoms with van der Waals surface area (Å²) in [6.45, 7) is 2.09. The number of rotatable bonds is 5. The fourth-order valence-corrected chi connectivity index (χ4v) is 2.98. The van der Waals surface area contributed by atoms with Crippen LogP contribution in [0.1, 0.15) is 40.9 Å². The highest BCUT2D eigenvalue weighted by Gasteiger charge is 2.24. The molecule has 2 aromatic carbocycles. The third-order valence-corrected chi connectivity index (χ3v) is 4.57. The van der Waals surface area contributed by atoms with Crippen molar-refractivity contribution in [2.24, 2.45) is 4.99 Å². The summed E-state index contributed by atoms with van der Waals surface area (Å²) in [6, 6.07) is 12.5. The first kappa shape index (κ1) is 19.4. The zero-order chi connectivity index (χ0) is 20.1. The van der Waals surface area contributed by atoms with Crippen molar-refractivity contribution in [1.82, 2.24) is 10.6 Å². The Kier molecular flexibility index (Phi) is 5.93. The molecule has 2 amide bonds. The predicted octanol–water partition coefficient (Wildman–Crippen LogP) is 2.61. The average molecular weight is 381 g/mol. The second-order valence-corrected chi connectivity index (χ2v) is 6.36. The molecule has 1 aliphatic rings. The third kappa shape index (κ3) is 4.31. The van der Waals surface area contributed by atoms with Crippen molar-refractivity contribution in [1.29, 1.82) is 0 Å². The summed E-state index contributed by atoms with van der Waals surface area (Å²) in [5, 5.41) is 5.27. The number of nitrogens with zero attached hydrogens (tertiary/aromatic N) is 1. The molecule has 0 aliphatic carbocycles. The van der Waals surface area contributed by atoms with Gasteiger partial charge in [-0.1, -0.05) is 31.2 Å². The Morgan fingerprint density at radius 2 is 1.86 bits per heavy atom. The van der Waals surface area contributed by atoms with Crippen LogP contribution >= 0.6 is 0 Å². The minimum absolute atomic E-state index is 0.139. The first-order chi connectivity index (χ1) is 13.5. The number of hydrogen-bond acceptors (Lipinski definition) is 5. The number of aryl methyl sites for hydroxylation is 1. The number of ether oxygens (including phenoxy) is 2. The predicted molar refractivity (Wildman–Crippen MR) is 106 cm³/mol. The Morgan fingerprint density at radius 3 is 2.50 bits per heavy atom. The maximum atomic E-state index is 12.6. The molecule has 1 atom stereocenters. The van der Waals surface area contributed by atoms with Crippen LogP contribution in [0.4, 0.5) is 0 Å². The lowest BCUT2D eigenvalue weighted by atomic mass is 10.0. The molecule has 146 valence electrons. The van der Waals surface area contributed by atoms with Crippen molar-refractivity contribution in [2.75, 3.05) is 14.2 Å². The average Bonchev–Trinajstić information content (AvgIpc) is 2.72. The van der Waals surface area contributed by atoms with Crippen molar-refractivity contribution >= 4 is 17.8 Å². The van der Waals surface area contributed by atoms with Gasteiger partial charge in [0.05, 0.1) is 26.7 Å². The van der Waals surface area contributed by atoms with E-state index in [1.165, 1.54) is 19.8 Å². The van der Waals surface area contributed by atoms with E-state index in [9.17, 15) is 9.59 Å². The van der Waals surface area contributed by atoms with Gasteiger partial charge >= 0.3 is 0 Å². The van der Waals surface area contributed by atoms with E-state index in [4.69, 9.17) is 9.47 Å². The van der Waals surface area contributed by atoms with E-state index >= 15 is 0 Å². The number of nitrogens with one attached hydrogen (secondary N) is 2. The molecule has 7 nitrogen and oxygen atoms in total. The summed E-state index contributed by atoms with van der Waals surface area (Å²) in [4.78, 5) is 29.2. The van der Waals surface area contributed by atoms with Crippen LogP contribution in [0.2, 0.25) is 0 Å². The number of guanidine groups is 1. The van der Waals surface area contributed by atoms with E-state index in [0.717, 1.165) is 12.0 Å². The summed E-state index contributed by atoms with van der Waals surface area (Å²) < 4.78 is 10.4. The summed E-state index contributed by atoms with van der Waals surface area (Å²) in [6.07, 6.45) is 1.18. The summed E-state index contributed by atoms with van der Waals surface area (Å²) in [7, 11) is 3.02. The van der Waals surface area contributed by atoms with Crippen LogP contribution < -0.4 is 20.1 Å². The van der Waals surface area contributed by atoms with E-state index in [2.05, 4.69) is 22.5 Å². The maximum absolute atomic E-state index is 12.6. The number of aliphatic imine (C=N–C) groups is 1. The molecule has 0 aromatic heterocycles. The smallest absolute Gasteiger partial charge is 0.258 e. The van der Waals surface area contributed by atoms with Crippen molar-refractivity contribution in [3.8, 4) is 11.5 Å². The highest BCUT2D eigenvalue weighted by Crippen LogP contribution is 2.28. The highest BCUT2D eigenvalue weighted by molar-refractivity contribution is 6.10. The van der Waals surface area contributed by atoms with Crippen LogP contribution in [0.25, 0.3) is 0 Å². The van der Waals surface area contributed by atoms with Crippen molar-refractivity contribution in [3.05, 3.63) is 59.2 Å². The van der Waals surface area contributed by atoms with Gasteiger partial charge in [0.2, 0.25) is 11.9 Å². The van der Waals surface area contributed by atoms with Crippen LogP contribution in [0.3, 0.4) is 0 Å². The Balaban J connectivity index is 1.79. The topological polar surface area (TPSA) is 89.0 Å². The number of methoxy groups -OCH3 is 2.